The molecule has 75 heavy (non-hydrogen) atoms. The molecule has 0 atom stereocenters. The zero-order valence-corrected chi connectivity index (χ0v) is 47.2. The van der Waals surface area contributed by atoms with Crippen LogP contribution < -0.4 is 14.5 Å². The summed E-state index contributed by atoms with van der Waals surface area (Å²) in [5.74, 6) is 2.47. The summed E-state index contributed by atoms with van der Waals surface area (Å²) in [6.45, 7) is 33.2. The van der Waals surface area contributed by atoms with Crippen LogP contribution in [0, 0.1) is 0 Å². The minimum Gasteiger partial charge on any atom is -0.457 e. The van der Waals surface area contributed by atoms with E-state index in [1.54, 1.807) is 0 Å². The average Bonchev–Trinajstić information content (AvgIpc) is 3.92. The first-order valence-corrected chi connectivity index (χ1v) is 27.5. The van der Waals surface area contributed by atoms with Crippen LogP contribution in [0.4, 0.5) is 22.7 Å². The van der Waals surface area contributed by atoms with Crippen LogP contribution >= 0.6 is 0 Å². The summed E-state index contributed by atoms with van der Waals surface area (Å²) in [6, 6.07) is 56.6. The first-order valence-electron chi connectivity index (χ1n) is 27.5. The molecule has 9 aromatic rings. The summed E-state index contributed by atoms with van der Waals surface area (Å²) < 4.78 is 9.27. The molecule has 2 aromatic heterocycles. The maximum absolute atomic E-state index is 6.95. The van der Waals surface area contributed by atoms with Crippen LogP contribution in [-0.2, 0) is 34.5 Å². The van der Waals surface area contributed by atoms with Crippen LogP contribution in [-0.4, -0.2) is 16.2 Å². The molecular formula is C70H78N4O. The molecule has 3 heterocycles. The molecule has 0 bridgehead atoms. The van der Waals surface area contributed by atoms with E-state index in [4.69, 9.17) is 9.72 Å². The monoisotopic (exact) mass is 991 g/mol. The van der Waals surface area contributed by atoms with Crippen molar-refractivity contribution < 1.29 is 4.74 Å². The number of aryl methyl sites for hydroxylation is 2. The Morgan fingerprint density at radius 2 is 1.08 bits per heavy atom. The molecule has 5 nitrogen and oxygen atoms in total. The molecule has 0 unspecified atom stereocenters. The minimum absolute atomic E-state index is 0.0207. The van der Waals surface area contributed by atoms with Gasteiger partial charge < -0.3 is 14.5 Å². The molecule has 0 aliphatic carbocycles. The summed E-state index contributed by atoms with van der Waals surface area (Å²) >= 11 is 0. The number of nitrogens with zero attached hydrogens (tertiary/aromatic N) is 4. The third kappa shape index (κ3) is 9.99. The maximum Gasteiger partial charge on any atom is 0.137 e. The van der Waals surface area contributed by atoms with Crippen molar-refractivity contribution in [3.63, 3.8) is 0 Å². The van der Waals surface area contributed by atoms with Gasteiger partial charge in [0.05, 0.1) is 28.1 Å². The fourth-order valence-electron chi connectivity index (χ4n) is 11.1. The van der Waals surface area contributed by atoms with Crippen LogP contribution in [0.3, 0.4) is 0 Å². The van der Waals surface area contributed by atoms with E-state index in [1.165, 1.54) is 83.3 Å². The van der Waals surface area contributed by atoms with Crippen molar-refractivity contribution in [1.29, 1.82) is 0 Å². The smallest absolute Gasteiger partial charge is 0.137 e. The van der Waals surface area contributed by atoms with Crippen molar-refractivity contribution in [3.8, 4) is 39.6 Å². The normalized spacial score (nSPS) is 13.3. The minimum atomic E-state index is -0.108. The van der Waals surface area contributed by atoms with Crippen molar-refractivity contribution in [2.24, 2.45) is 0 Å². The van der Waals surface area contributed by atoms with E-state index in [0.29, 0.717) is 6.67 Å². The van der Waals surface area contributed by atoms with Crippen LogP contribution in [0.15, 0.2) is 158 Å². The lowest BCUT2D eigenvalue weighted by Gasteiger charge is -2.32. The highest BCUT2D eigenvalue weighted by Crippen LogP contribution is 2.53. The second kappa shape index (κ2) is 19.5. The number of hydrogen-bond acceptors (Lipinski definition) is 4. The van der Waals surface area contributed by atoms with Gasteiger partial charge in [-0.05, 0) is 146 Å². The Balaban J connectivity index is 1.12. The van der Waals surface area contributed by atoms with Gasteiger partial charge in [0.25, 0.3) is 0 Å². The Morgan fingerprint density at radius 1 is 0.480 bits per heavy atom. The van der Waals surface area contributed by atoms with Gasteiger partial charge in [0.15, 0.2) is 0 Å². The van der Waals surface area contributed by atoms with Crippen molar-refractivity contribution in [1.82, 2.24) is 9.55 Å². The fourth-order valence-corrected chi connectivity index (χ4v) is 11.1. The molecule has 0 fully saturated rings. The van der Waals surface area contributed by atoms with E-state index in [9.17, 15) is 0 Å². The van der Waals surface area contributed by atoms with Gasteiger partial charge in [-0.25, -0.2) is 4.98 Å². The maximum atomic E-state index is 6.95. The molecule has 0 amide bonds. The Hall–Kier alpha value is -7.11. The molecule has 0 N–H and O–H groups in total. The number of anilines is 4. The molecule has 0 radical (unpaired) electrons. The predicted octanol–water partition coefficient (Wildman–Crippen LogP) is 19.6. The lowest BCUT2D eigenvalue weighted by Crippen LogP contribution is -2.25. The molecule has 0 saturated carbocycles. The van der Waals surface area contributed by atoms with E-state index in [-0.39, 0.29) is 21.7 Å². The highest BCUT2D eigenvalue weighted by molar-refractivity contribution is 6.11. The molecule has 10 rings (SSSR count). The Kier molecular flexibility index (Phi) is 13.4. The topological polar surface area (TPSA) is 33.5 Å². The molecule has 5 heteroatoms. The quantitative estimate of drug-likeness (QED) is 0.129. The molecule has 0 saturated heterocycles. The van der Waals surface area contributed by atoms with Crippen LogP contribution in [0.5, 0.6) is 11.5 Å². The van der Waals surface area contributed by atoms with Gasteiger partial charge in [-0.2, -0.15) is 0 Å². The zero-order chi connectivity index (χ0) is 53.2. The highest BCUT2D eigenvalue weighted by atomic mass is 16.5. The van der Waals surface area contributed by atoms with Gasteiger partial charge in [-0.1, -0.05) is 183 Å². The Morgan fingerprint density at radius 3 is 1.72 bits per heavy atom. The lowest BCUT2D eigenvalue weighted by atomic mass is 9.77. The number of ether oxygens (including phenoxy) is 1. The van der Waals surface area contributed by atoms with Gasteiger partial charge in [0, 0.05) is 45.9 Å². The summed E-state index contributed by atoms with van der Waals surface area (Å²) in [5, 5.41) is 2.55. The molecular weight excluding hydrogens is 913 g/mol. The highest BCUT2D eigenvalue weighted by Gasteiger charge is 2.34. The summed E-state index contributed by atoms with van der Waals surface area (Å²) in [6.07, 6.45) is 6.19. The number of pyridine rings is 1. The SMILES string of the molecule is CCCc1ccc2c(c1CCC)c1ccc(Oc3cccc(N4CN(c5c(-c6cccc(C(C)(C)C)c6)cc(C(C)(C)C)cc5-c5cc(C(C)(C)C)cc(C(C)(C)C)c5)c5ccccc54)c3)cc1n2-c1ccccn1. The molecule has 1 aliphatic heterocycles. The molecule has 7 aromatic carbocycles. The van der Waals surface area contributed by atoms with Gasteiger partial charge in [-0.15, -0.1) is 0 Å². The average molecular weight is 991 g/mol. The molecule has 1 aliphatic rings. The van der Waals surface area contributed by atoms with E-state index >= 15 is 0 Å². The first-order chi connectivity index (χ1) is 35.6. The number of hydrogen-bond donors (Lipinski definition) is 0. The van der Waals surface area contributed by atoms with E-state index < -0.39 is 0 Å². The second-order valence-corrected chi connectivity index (χ2v) is 25.2. The standard InChI is InChI=1S/C70H78N4O/c1-15-23-46-32-35-62-65(56(46)24-16-2)57-34-33-55(44-63(57)74(62)64-31-19-20-36-71-64)75-54-28-22-27-53(43-54)72-45-73(61-30-18-17-29-60(61)72)66-58(47-25-21-26-49(37-47)67(3,4)5)41-52(70(12,13)14)42-59(66)48-38-50(68(6,7)8)40-51(39-48)69(9,10)11/h17-22,25-44H,15-16,23-24,45H2,1-14H3. The van der Waals surface area contributed by atoms with Crippen molar-refractivity contribution in [3.05, 3.63) is 191 Å². The number of para-hydroxylation sites is 2. The Bertz CT molecular complexity index is 3540. The van der Waals surface area contributed by atoms with Crippen molar-refractivity contribution in [2.45, 2.75) is 144 Å². The zero-order valence-electron chi connectivity index (χ0n) is 47.2. The van der Waals surface area contributed by atoms with Crippen molar-refractivity contribution >= 4 is 44.6 Å². The number of fused-ring (bicyclic) bond motifs is 4. The Labute approximate surface area is 448 Å². The first kappa shape index (κ1) is 51.4. The van der Waals surface area contributed by atoms with Crippen LogP contribution in [0.2, 0.25) is 0 Å². The van der Waals surface area contributed by atoms with Gasteiger partial charge in [0.2, 0.25) is 0 Å². The fraction of sp³-hybridized carbons (Fsp3) is 0.329. The second-order valence-electron chi connectivity index (χ2n) is 25.2. The molecule has 384 valence electrons. The lowest BCUT2D eigenvalue weighted by molar-refractivity contribution is 0.483. The number of benzene rings is 7. The van der Waals surface area contributed by atoms with Crippen molar-refractivity contribution in [2.75, 3.05) is 16.5 Å². The van der Waals surface area contributed by atoms with Gasteiger partial charge >= 0.3 is 0 Å². The molecule has 0 spiro atoms. The summed E-state index contributed by atoms with van der Waals surface area (Å²) in [5.41, 5.74) is 19.8. The number of aromatic nitrogens is 2. The van der Waals surface area contributed by atoms with E-state index in [2.05, 4.69) is 257 Å². The van der Waals surface area contributed by atoms with Crippen LogP contribution in [0.1, 0.15) is 143 Å². The predicted molar refractivity (Wildman–Crippen MR) is 321 cm³/mol. The largest absolute Gasteiger partial charge is 0.457 e. The van der Waals surface area contributed by atoms with E-state index in [1.807, 2.05) is 12.3 Å². The number of rotatable bonds is 11. The van der Waals surface area contributed by atoms with Crippen LogP contribution in [0.25, 0.3) is 49.9 Å². The third-order valence-electron chi connectivity index (χ3n) is 15.4. The van der Waals surface area contributed by atoms with Gasteiger partial charge in [-0.3, -0.25) is 4.57 Å². The summed E-state index contributed by atoms with van der Waals surface area (Å²) in [4.78, 5) is 9.92. The van der Waals surface area contributed by atoms with Gasteiger partial charge in [0.1, 0.15) is 24.0 Å². The third-order valence-corrected chi connectivity index (χ3v) is 15.4. The summed E-state index contributed by atoms with van der Waals surface area (Å²) in [7, 11) is 0. The van der Waals surface area contributed by atoms with E-state index in [0.717, 1.165) is 59.9 Å².